The van der Waals surface area contributed by atoms with Crippen LogP contribution in [-0.4, -0.2) is 27.6 Å². The third-order valence-electron chi connectivity index (χ3n) is 3.60. The molecule has 1 aromatic carbocycles. The van der Waals surface area contributed by atoms with E-state index in [1.54, 1.807) is 7.11 Å². The lowest BCUT2D eigenvalue weighted by molar-refractivity contribution is -0.121. The first kappa shape index (κ1) is 15.0. The highest BCUT2D eigenvalue weighted by molar-refractivity contribution is 5.76. The van der Waals surface area contributed by atoms with Gasteiger partial charge < -0.3 is 10.1 Å². The summed E-state index contributed by atoms with van der Waals surface area (Å²) in [6, 6.07) is 13.4. The zero-order chi connectivity index (χ0) is 16.1. The van der Waals surface area contributed by atoms with Crippen molar-refractivity contribution in [1.29, 1.82) is 0 Å². The highest BCUT2D eigenvalue weighted by Crippen LogP contribution is 2.13. The molecule has 1 amide bonds. The number of fused-ring (bicyclic) bond motifs is 1. The Morgan fingerprint density at radius 2 is 2.13 bits per heavy atom. The van der Waals surface area contributed by atoms with Crippen LogP contribution in [0.25, 0.3) is 5.65 Å². The molecule has 0 spiro atoms. The van der Waals surface area contributed by atoms with Crippen LogP contribution in [0.1, 0.15) is 17.8 Å². The molecule has 23 heavy (non-hydrogen) atoms. The Kier molecular flexibility index (Phi) is 4.52. The number of carbonyl (C=O) groups is 1. The lowest BCUT2D eigenvalue weighted by atomic mass is 10.1. The molecule has 0 aliphatic carbocycles. The second-order valence-corrected chi connectivity index (χ2v) is 5.17. The van der Waals surface area contributed by atoms with Gasteiger partial charge in [-0.25, -0.2) is 0 Å². The fourth-order valence-electron chi connectivity index (χ4n) is 2.36. The van der Waals surface area contributed by atoms with E-state index >= 15 is 0 Å². The monoisotopic (exact) mass is 310 g/mol. The van der Waals surface area contributed by atoms with E-state index in [9.17, 15) is 4.79 Å². The third-order valence-corrected chi connectivity index (χ3v) is 3.60. The predicted molar refractivity (Wildman–Crippen MR) is 86.1 cm³/mol. The largest absolute Gasteiger partial charge is 0.497 e. The van der Waals surface area contributed by atoms with Crippen LogP contribution in [-0.2, 0) is 17.8 Å². The summed E-state index contributed by atoms with van der Waals surface area (Å²) in [5.41, 5.74) is 1.85. The number of nitrogens with zero attached hydrogens (tertiary/aromatic N) is 3. The normalized spacial score (nSPS) is 10.7. The van der Waals surface area contributed by atoms with Crippen LogP contribution in [0, 0.1) is 0 Å². The van der Waals surface area contributed by atoms with E-state index in [0.29, 0.717) is 19.4 Å². The zero-order valence-corrected chi connectivity index (χ0v) is 12.9. The van der Waals surface area contributed by atoms with Gasteiger partial charge in [0.25, 0.3) is 0 Å². The summed E-state index contributed by atoms with van der Waals surface area (Å²) >= 11 is 0. The molecule has 0 fully saturated rings. The topological polar surface area (TPSA) is 68.5 Å². The number of methoxy groups -OCH3 is 1. The second kappa shape index (κ2) is 6.91. The van der Waals surface area contributed by atoms with Crippen molar-refractivity contribution in [2.24, 2.45) is 0 Å². The van der Waals surface area contributed by atoms with Crippen LogP contribution in [0.5, 0.6) is 5.75 Å². The molecule has 0 atom stereocenters. The highest BCUT2D eigenvalue weighted by atomic mass is 16.5. The molecule has 0 saturated carbocycles. The van der Waals surface area contributed by atoms with Gasteiger partial charge in [0.05, 0.1) is 13.7 Å². The number of carbonyl (C=O) groups excluding carboxylic acids is 1. The van der Waals surface area contributed by atoms with Crippen LogP contribution >= 0.6 is 0 Å². The minimum Gasteiger partial charge on any atom is -0.497 e. The maximum absolute atomic E-state index is 12.0. The summed E-state index contributed by atoms with van der Waals surface area (Å²) < 4.78 is 7.04. The van der Waals surface area contributed by atoms with Crippen LogP contribution in [0.2, 0.25) is 0 Å². The Labute approximate surface area is 134 Å². The van der Waals surface area contributed by atoms with E-state index in [1.807, 2.05) is 53.1 Å². The molecule has 118 valence electrons. The lowest BCUT2D eigenvalue weighted by Crippen LogP contribution is -2.24. The Morgan fingerprint density at radius 3 is 3.00 bits per heavy atom. The van der Waals surface area contributed by atoms with Gasteiger partial charge in [0.1, 0.15) is 5.75 Å². The Balaban J connectivity index is 1.53. The number of pyridine rings is 1. The van der Waals surface area contributed by atoms with Crippen molar-refractivity contribution in [1.82, 2.24) is 19.9 Å². The number of hydrogen-bond donors (Lipinski definition) is 1. The van der Waals surface area contributed by atoms with Crippen molar-refractivity contribution >= 4 is 11.6 Å². The van der Waals surface area contributed by atoms with E-state index < -0.39 is 0 Å². The third kappa shape index (κ3) is 3.66. The summed E-state index contributed by atoms with van der Waals surface area (Å²) in [6.07, 6.45) is 2.97. The molecular formula is C17H18N4O2. The second-order valence-electron chi connectivity index (χ2n) is 5.17. The molecule has 1 N–H and O–H groups in total. The predicted octanol–water partition coefficient (Wildman–Crippen LogP) is 1.99. The number of hydrogen-bond acceptors (Lipinski definition) is 4. The minimum atomic E-state index is -0.0134. The van der Waals surface area contributed by atoms with Gasteiger partial charge in [0.2, 0.25) is 5.91 Å². The van der Waals surface area contributed by atoms with Gasteiger partial charge in [-0.15, -0.1) is 10.2 Å². The number of aromatic nitrogens is 3. The van der Waals surface area contributed by atoms with Gasteiger partial charge in [0.15, 0.2) is 11.5 Å². The summed E-state index contributed by atoms with van der Waals surface area (Å²) in [5.74, 6) is 1.51. The van der Waals surface area contributed by atoms with E-state index in [4.69, 9.17) is 4.74 Å². The van der Waals surface area contributed by atoms with Gasteiger partial charge in [0, 0.05) is 12.6 Å². The van der Waals surface area contributed by atoms with Crippen molar-refractivity contribution in [2.75, 3.05) is 7.11 Å². The Bertz CT molecular complexity index is 813. The van der Waals surface area contributed by atoms with E-state index in [-0.39, 0.29) is 5.91 Å². The molecule has 0 radical (unpaired) electrons. The minimum absolute atomic E-state index is 0.0134. The van der Waals surface area contributed by atoms with E-state index in [2.05, 4.69) is 15.5 Å². The van der Waals surface area contributed by atoms with E-state index in [0.717, 1.165) is 22.8 Å². The van der Waals surface area contributed by atoms with Crippen LogP contribution in [0.15, 0.2) is 48.7 Å². The van der Waals surface area contributed by atoms with E-state index in [1.165, 1.54) is 0 Å². The van der Waals surface area contributed by atoms with Crippen molar-refractivity contribution in [3.05, 3.63) is 60.0 Å². The van der Waals surface area contributed by atoms with Gasteiger partial charge in [-0.05, 0) is 36.2 Å². The van der Waals surface area contributed by atoms with Gasteiger partial charge in [-0.1, -0.05) is 18.2 Å². The quantitative estimate of drug-likeness (QED) is 0.756. The molecule has 6 heteroatoms. The molecule has 0 bridgehead atoms. The van der Waals surface area contributed by atoms with Gasteiger partial charge in [-0.3, -0.25) is 9.20 Å². The van der Waals surface area contributed by atoms with Crippen molar-refractivity contribution in [3.63, 3.8) is 0 Å². The van der Waals surface area contributed by atoms with Crippen molar-refractivity contribution in [2.45, 2.75) is 19.4 Å². The number of amides is 1. The van der Waals surface area contributed by atoms with Crippen LogP contribution < -0.4 is 10.1 Å². The number of rotatable bonds is 6. The Morgan fingerprint density at radius 1 is 1.22 bits per heavy atom. The first-order chi connectivity index (χ1) is 11.3. The lowest BCUT2D eigenvalue weighted by Gasteiger charge is -2.06. The van der Waals surface area contributed by atoms with Crippen LogP contribution in [0.4, 0.5) is 0 Å². The smallest absolute Gasteiger partial charge is 0.220 e. The summed E-state index contributed by atoms with van der Waals surface area (Å²) in [5, 5.41) is 11.0. The number of aryl methyl sites for hydroxylation is 1. The standard InChI is InChI=1S/C17H18N4O2/c1-23-14-6-4-5-13(11-14)8-9-17(22)18-12-16-20-19-15-7-2-3-10-21(15)16/h2-7,10-11H,8-9,12H2,1H3,(H,18,22). The zero-order valence-electron chi connectivity index (χ0n) is 12.9. The van der Waals surface area contributed by atoms with Crippen LogP contribution in [0.3, 0.4) is 0 Å². The summed E-state index contributed by atoms with van der Waals surface area (Å²) in [7, 11) is 1.63. The molecule has 2 aromatic heterocycles. The number of nitrogens with one attached hydrogen (secondary N) is 1. The highest BCUT2D eigenvalue weighted by Gasteiger charge is 2.07. The van der Waals surface area contributed by atoms with Crippen molar-refractivity contribution in [3.8, 4) is 5.75 Å². The molecule has 0 unspecified atom stereocenters. The Hall–Kier alpha value is -2.89. The first-order valence-electron chi connectivity index (χ1n) is 7.44. The number of ether oxygens (including phenoxy) is 1. The SMILES string of the molecule is COc1cccc(CCC(=O)NCc2nnc3ccccn23)c1. The maximum atomic E-state index is 12.0. The molecular weight excluding hydrogens is 292 g/mol. The first-order valence-corrected chi connectivity index (χ1v) is 7.44. The number of benzene rings is 1. The van der Waals surface area contributed by atoms with Crippen molar-refractivity contribution < 1.29 is 9.53 Å². The molecule has 3 rings (SSSR count). The summed E-state index contributed by atoms with van der Waals surface area (Å²) in [4.78, 5) is 12.0. The maximum Gasteiger partial charge on any atom is 0.220 e. The molecule has 0 aliphatic heterocycles. The molecule has 0 aliphatic rings. The molecule has 0 saturated heterocycles. The fourth-order valence-corrected chi connectivity index (χ4v) is 2.36. The average molecular weight is 310 g/mol. The van der Waals surface area contributed by atoms with Gasteiger partial charge in [-0.2, -0.15) is 0 Å². The summed E-state index contributed by atoms with van der Waals surface area (Å²) in [6.45, 7) is 0.363. The molecule has 2 heterocycles. The molecule has 3 aromatic rings. The fraction of sp³-hybridized carbons (Fsp3) is 0.235. The van der Waals surface area contributed by atoms with Gasteiger partial charge >= 0.3 is 0 Å². The average Bonchev–Trinajstić information content (AvgIpc) is 3.01. The molecule has 6 nitrogen and oxygen atoms in total.